The van der Waals surface area contributed by atoms with E-state index >= 15 is 0 Å². The van der Waals surface area contributed by atoms with Crippen LogP contribution in [0, 0.1) is 5.41 Å². The Labute approximate surface area is 100 Å². The minimum Gasteiger partial charge on any atom is -0.391 e. The molecule has 0 radical (unpaired) electrons. The van der Waals surface area contributed by atoms with Gasteiger partial charge in [0.25, 0.3) is 0 Å². The Bertz CT molecular complexity index is 208. The smallest absolute Gasteiger partial charge is 0.0715 e. The highest BCUT2D eigenvalue weighted by atomic mass is 16.3. The molecule has 0 spiro atoms. The third-order valence-electron chi connectivity index (χ3n) is 3.68. The van der Waals surface area contributed by atoms with Crippen molar-refractivity contribution >= 4 is 0 Å². The van der Waals surface area contributed by atoms with Gasteiger partial charge in [0.2, 0.25) is 0 Å². The number of hydrogen-bond donors (Lipinski definition) is 1. The van der Waals surface area contributed by atoms with Gasteiger partial charge in [0, 0.05) is 19.1 Å². The average molecular weight is 228 g/mol. The second kappa shape index (κ2) is 5.48. The summed E-state index contributed by atoms with van der Waals surface area (Å²) in [5, 5.41) is 10.0. The molecule has 1 aliphatic heterocycles. The zero-order valence-electron chi connectivity index (χ0n) is 11.5. The van der Waals surface area contributed by atoms with Crippen LogP contribution in [0.4, 0.5) is 0 Å². The molecule has 1 rings (SSSR count). The van der Waals surface area contributed by atoms with Gasteiger partial charge < -0.3 is 14.9 Å². The van der Waals surface area contributed by atoms with E-state index in [-0.39, 0.29) is 11.5 Å². The topological polar surface area (TPSA) is 26.7 Å². The fourth-order valence-electron chi connectivity index (χ4n) is 2.21. The van der Waals surface area contributed by atoms with Crippen LogP contribution in [0.25, 0.3) is 0 Å². The van der Waals surface area contributed by atoms with Crippen LogP contribution in [0.2, 0.25) is 0 Å². The highest BCUT2D eigenvalue weighted by molar-refractivity contribution is 4.81. The van der Waals surface area contributed by atoms with E-state index in [1.54, 1.807) is 0 Å². The van der Waals surface area contributed by atoms with Crippen molar-refractivity contribution in [2.45, 2.75) is 45.8 Å². The van der Waals surface area contributed by atoms with E-state index < -0.39 is 0 Å². The van der Waals surface area contributed by atoms with E-state index in [9.17, 15) is 5.11 Å². The van der Waals surface area contributed by atoms with Crippen molar-refractivity contribution in [1.82, 2.24) is 9.80 Å². The number of nitrogens with zero attached hydrogens (tertiary/aromatic N) is 2. The maximum atomic E-state index is 10.0. The molecule has 0 amide bonds. The lowest BCUT2D eigenvalue weighted by atomic mass is 9.89. The summed E-state index contributed by atoms with van der Waals surface area (Å²) in [6.45, 7) is 9.34. The van der Waals surface area contributed by atoms with Gasteiger partial charge in [-0.25, -0.2) is 0 Å². The van der Waals surface area contributed by atoms with E-state index in [4.69, 9.17) is 0 Å². The molecule has 3 heteroatoms. The quantitative estimate of drug-likeness (QED) is 0.788. The van der Waals surface area contributed by atoms with E-state index in [2.05, 4.69) is 44.7 Å². The van der Waals surface area contributed by atoms with Crippen LogP contribution >= 0.6 is 0 Å². The SMILES string of the molecule is CN(CC1CCCN1C)CC(O)C(C)(C)C. The highest BCUT2D eigenvalue weighted by Gasteiger charge is 2.26. The largest absolute Gasteiger partial charge is 0.391 e. The summed E-state index contributed by atoms with van der Waals surface area (Å²) in [5.74, 6) is 0. The predicted molar refractivity (Wildman–Crippen MR) is 68.6 cm³/mol. The van der Waals surface area contributed by atoms with Crippen molar-refractivity contribution in [2.24, 2.45) is 5.41 Å². The van der Waals surface area contributed by atoms with Gasteiger partial charge in [-0.05, 0) is 38.9 Å². The lowest BCUT2D eigenvalue weighted by Crippen LogP contribution is -2.43. The van der Waals surface area contributed by atoms with Crippen LogP contribution in [0.5, 0.6) is 0 Å². The van der Waals surface area contributed by atoms with Gasteiger partial charge in [0.15, 0.2) is 0 Å². The van der Waals surface area contributed by atoms with Crippen molar-refractivity contribution in [2.75, 3.05) is 33.7 Å². The van der Waals surface area contributed by atoms with Crippen LogP contribution in [0.3, 0.4) is 0 Å². The summed E-state index contributed by atoms with van der Waals surface area (Å²) < 4.78 is 0. The zero-order chi connectivity index (χ0) is 12.3. The third-order valence-corrected chi connectivity index (χ3v) is 3.68. The first kappa shape index (κ1) is 13.9. The predicted octanol–water partition coefficient (Wildman–Crippen LogP) is 1.42. The summed E-state index contributed by atoms with van der Waals surface area (Å²) in [6, 6.07) is 0.678. The number of aliphatic hydroxyl groups is 1. The van der Waals surface area contributed by atoms with Crippen LogP contribution in [-0.2, 0) is 0 Å². The van der Waals surface area contributed by atoms with Gasteiger partial charge in [0.1, 0.15) is 0 Å². The normalized spacial score (nSPS) is 25.3. The monoisotopic (exact) mass is 228 g/mol. The Morgan fingerprint density at radius 2 is 2.06 bits per heavy atom. The molecule has 96 valence electrons. The average Bonchev–Trinajstić information content (AvgIpc) is 2.50. The molecule has 1 N–H and O–H groups in total. The third kappa shape index (κ3) is 4.04. The van der Waals surface area contributed by atoms with Gasteiger partial charge in [-0.2, -0.15) is 0 Å². The summed E-state index contributed by atoms with van der Waals surface area (Å²) in [4.78, 5) is 4.70. The lowest BCUT2D eigenvalue weighted by molar-refractivity contribution is 0.0305. The first-order valence-electron chi connectivity index (χ1n) is 6.37. The maximum Gasteiger partial charge on any atom is 0.0715 e. The summed E-state index contributed by atoms with van der Waals surface area (Å²) in [6.07, 6.45) is 2.37. The standard InChI is InChI=1S/C13H28N2O/c1-13(2,3)12(16)10-14(4)9-11-7-6-8-15(11)5/h11-12,16H,6-10H2,1-5H3. The van der Waals surface area contributed by atoms with Crippen LogP contribution in [0.1, 0.15) is 33.6 Å². The molecule has 16 heavy (non-hydrogen) atoms. The minimum absolute atomic E-state index is 0.0180. The number of likely N-dealkylation sites (tertiary alicyclic amines) is 1. The van der Waals surface area contributed by atoms with Crippen LogP contribution in [0.15, 0.2) is 0 Å². The molecule has 0 aromatic rings. The van der Waals surface area contributed by atoms with Gasteiger partial charge in [-0.1, -0.05) is 20.8 Å². The van der Waals surface area contributed by atoms with Crippen molar-refractivity contribution in [3.05, 3.63) is 0 Å². The molecular formula is C13H28N2O. The molecule has 2 unspecified atom stereocenters. The molecule has 3 nitrogen and oxygen atoms in total. The highest BCUT2D eigenvalue weighted by Crippen LogP contribution is 2.20. The molecule has 0 bridgehead atoms. The minimum atomic E-state index is -0.246. The Hall–Kier alpha value is -0.120. The molecule has 1 saturated heterocycles. The van der Waals surface area contributed by atoms with E-state index in [0.717, 1.165) is 13.1 Å². The summed E-state index contributed by atoms with van der Waals surface area (Å²) in [7, 11) is 4.31. The van der Waals surface area contributed by atoms with Crippen molar-refractivity contribution in [1.29, 1.82) is 0 Å². The van der Waals surface area contributed by atoms with Crippen molar-refractivity contribution in [3.8, 4) is 0 Å². The number of rotatable bonds is 4. The molecule has 2 atom stereocenters. The van der Waals surface area contributed by atoms with E-state index in [0.29, 0.717) is 6.04 Å². The first-order valence-corrected chi connectivity index (χ1v) is 6.37. The Balaban J connectivity index is 2.33. The number of aliphatic hydroxyl groups excluding tert-OH is 1. The number of hydrogen-bond acceptors (Lipinski definition) is 3. The molecule has 0 aliphatic carbocycles. The lowest BCUT2D eigenvalue weighted by Gasteiger charge is -2.32. The maximum absolute atomic E-state index is 10.0. The molecular weight excluding hydrogens is 200 g/mol. The van der Waals surface area contributed by atoms with Crippen LogP contribution < -0.4 is 0 Å². The first-order chi connectivity index (χ1) is 7.30. The van der Waals surface area contributed by atoms with E-state index in [1.807, 2.05) is 0 Å². The Kier molecular flexibility index (Phi) is 4.77. The second-order valence-corrected chi connectivity index (χ2v) is 6.38. The Morgan fingerprint density at radius 3 is 2.50 bits per heavy atom. The molecule has 1 fully saturated rings. The second-order valence-electron chi connectivity index (χ2n) is 6.38. The van der Waals surface area contributed by atoms with Crippen molar-refractivity contribution < 1.29 is 5.11 Å². The Morgan fingerprint density at radius 1 is 1.44 bits per heavy atom. The zero-order valence-corrected chi connectivity index (χ0v) is 11.5. The van der Waals surface area contributed by atoms with Gasteiger partial charge >= 0.3 is 0 Å². The van der Waals surface area contributed by atoms with Gasteiger partial charge in [-0.15, -0.1) is 0 Å². The van der Waals surface area contributed by atoms with Crippen molar-refractivity contribution in [3.63, 3.8) is 0 Å². The molecule has 0 saturated carbocycles. The fourth-order valence-corrected chi connectivity index (χ4v) is 2.21. The molecule has 1 aliphatic rings. The van der Waals surface area contributed by atoms with E-state index in [1.165, 1.54) is 19.4 Å². The molecule has 1 heterocycles. The molecule has 0 aromatic carbocycles. The van der Waals surface area contributed by atoms with Gasteiger partial charge in [0.05, 0.1) is 6.10 Å². The van der Waals surface area contributed by atoms with Crippen LogP contribution in [-0.4, -0.2) is 60.8 Å². The fraction of sp³-hybridized carbons (Fsp3) is 1.00. The summed E-state index contributed by atoms with van der Waals surface area (Å²) in [5.41, 5.74) is -0.0180. The number of likely N-dealkylation sites (N-methyl/N-ethyl adjacent to an activating group) is 2. The molecule has 0 aromatic heterocycles. The van der Waals surface area contributed by atoms with Gasteiger partial charge in [-0.3, -0.25) is 0 Å². The summed E-state index contributed by atoms with van der Waals surface area (Å²) >= 11 is 0.